The molecule has 0 spiro atoms. The fourth-order valence-electron chi connectivity index (χ4n) is 3.47. The minimum atomic E-state index is -1.38. The van der Waals surface area contributed by atoms with Crippen LogP contribution in [-0.4, -0.2) is 36.5 Å². The van der Waals surface area contributed by atoms with Crippen LogP contribution in [0.2, 0.25) is 0 Å². The van der Waals surface area contributed by atoms with E-state index in [1.54, 1.807) is 13.2 Å². The van der Waals surface area contributed by atoms with Gasteiger partial charge in [-0.3, -0.25) is 0 Å². The van der Waals surface area contributed by atoms with Gasteiger partial charge in [-0.15, -0.1) is 0 Å². The first kappa shape index (κ1) is 23.6. The van der Waals surface area contributed by atoms with E-state index in [-0.39, 0.29) is 15.3 Å². The van der Waals surface area contributed by atoms with Crippen molar-refractivity contribution in [3.8, 4) is 23.0 Å². The molecule has 2 N–H and O–H groups in total. The average molecular weight is 488 g/mol. The van der Waals surface area contributed by atoms with Crippen molar-refractivity contribution in [1.82, 2.24) is 0 Å². The molecule has 0 saturated carbocycles. The summed E-state index contributed by atoms with van der Waals surface area (Å²) in [6.45, 7) is 5.22. The zero-order valence-corrected chi connectivity index (χ0v) is 21.5. The molecule has 0 fully saturated rings. The molecule has 0 saturated heterocycles. The molecular weight excluding hydrogens is 462 g/mol. The van der Waals surface area contributed by atoms with Crippen LogP contribution in [0.1, 0.15) is 29.8 Å². The zero-order valence-electron chi connectivity index (χ0n) is 18.5. The number of ether oxygens (including phenoxy) is 3. The average Bonchev–Trinajstić information content (AvgIpc) is 2.78. The predicted octanol–water partition coefficient (Wildman–Crippen LogP) is 4.20. The van der Waals surface area contributed by atoms with Gasteiger partial charge in [0.15, 0.2) is 0 Å². The first-order valence-electron chi connectivity index (χ1n) is 10.3. The maximum absolute atomic E-state index is 11.3. The van der Waals surface area contributed by atoms with E-state index in [2.05, 4.69) is 26.0 Å². The van der Waals surface area contributed by atoms with Crippen LogP contribution < -0.4 is 18.4 Å². The van der Waals surface area contributed by atoms with Crippen molar-refractivity contribution in [2.24, 2.45) is 0 Å². The van der Waals surface area contributed by atoms with Crippen molar-refractivity contribution in [3.05, 3.63) is 77.9 Å². The Bertz CT molecular complexity index is 1050. The number of aromatic hydroxyl groups is 1. The Hall–Kier alpha value is -3.05. The summed E-state index contributed by atoms with van der Waals surface area (Å²) in [5.41, 5.74) is 1.15. The van der Waals surface area contributed by atoms with E-state index < -0.39 is 23.1 Å². The normalized spacial score (nSPS) is 10.8. The van der Waals surface area contributed by atoms with Gasteiger partial charge in [-0.05, 0) is 0 Å². The molecule has 164 valence electrons. The number of benzene rings is 3. The molecule has 0 aliphatic carbocycles. The molecule has 0 atom stereocenters. The molecule has 3 aromatic carbocycles. The van der Waals surface area contributed by atoms with Gasteiger partial charge >= 0.3 is 178 Å². The van der Waals surface area contributed by atoms with Crippen LogP contribution in [0.5, 0.6) is 23.0 Å². The van der Waals surface area contributed by atoms with Gasteiger partial charge in [0.05, 0.1) is 7.11 Å². The Morgan fingerprint density at radius 1 is 0.875 bits per heavy atom. The fourth-order valence-corrected chi connectivity index (χ4v) is 7.67. The Labute approximate surface area is 195 Å². The summed E-state index contributed by atoms with van der Waals surface area (Å²) in [7, 11) is 1.63. The number of methoxy groups -OCH3 is 1. The SMILES string of the molecule is COc1ccc(OCCOc2ccc([C](C)(C)[Zn][c]3ccc(O)c(C(=O)O)c3)cc2)cc1. The third kappa shape index (κ3) is 6.24. The van der Waals surface area contributed by atoms with Crippen molar-refractivity contribution >= 4 is 10.1 Å². The number of hydrogen-bond acceptors (Lipinski definition) is 5. The second kappa shape index (κ2) is 10.5. The van der Waals surface area contributed by atoms with Gasteiger partial charge in [0.25, 0.3) is 0 Å². The molecule has 32 heavy (non-hydrogen) atoms. The van der Waals surface area contributed by atoms with E-state index in [1.165, 1.54) is 11.6 Å². The fraction of sp³-hybridized carbons (Fsp3) is 0.240. The Morgan fingerprint density at radius 2 is 1.41 bits per heavy atom. The second-order valence-corrected chi connectivity index (χ2v) is 14.3. The second-order valence-electron chi connectivity index (χ2n) is 8.11. The number of phenols is 1. The summed E-state index contributed by atoms with van der Waals surface area (Å²) >= 11 is -1.38. The first-order chi connectivity index (χ1) is 15.3. The number of carboxylic acid groups (broad SMARTS) is 1. The Balaban J connectivity index is 1.54. The van der Waals surface area contributed by atoms with Crippen LogP contribution in [0.25, 0.3) is 0 Å². The van der Waals surface area contributed by atoms with Gasteiger partial charge in [0, 0.05) is 0 Å². The van der Waals surface area contributed by atoms with Crippen LogP contribution >= 0.6 is 0 Å². The summed E-state index contributed by atoms with van der Waals surface area (Å²) in [6, 6.07) is 20.4. The number of hydrogen-bond donors (Lipinski definition) is 2. The molecule has 0 radical (unpaired) electrons. The van der Waals surface area contributed by atoms with E-state index in [0.717, 1.165) is 21.4 Å². The Morgan fingerprint density at radius 3 is 1.94 bits per heavy atom. The molecule has 3 aromatic rings. The van der Waals surface area contributed by atoms with Gasteiger partial charge in [0.2, 0.25) is 0 Å². The molecule has 0 amide bonds. The van der Waals surface area contributed by atoms with Gasteiger partial charge in [-0.1, -0.05) is 0 Å². The van der Waals surface area contributed by atoms with Crippen molar-refractivity contribution in [1.29, 1.82) is 0 Å². The van der Waals surface area contributed by atoms with Crippen LogP contribution in [0.15, 0.2) is 66.7 Å². The molecule has 0 bridgehead atoms. The van der Waals surface area contributed by atoms with Crippen molar-refractivity contribution in [3.63, 3.8) is 0 Å². The van der Waals surface area contributed by atoms with Crippen LogP contribution in [0.4, 0.5) is 0 Å². The predicted molar refractivity (Wildman–Crippen MR) is 118 cm³/mol. The van der Waals surface area contributed by atoms with E-state index in [9.17, 15) is 15.0 Å². The number of carboxylic acids is 1. The number of rotatable bonds is 10. The van der Waals surface area contributed by atoms with Crippen molar-refractivity contribution in [2.75, 3.05) is 20.3 Å². The molecule has 3 rings (SSSR count). The van der Waals surface area contributed by atoms with Crippen LogP contribution in [0.3, 0.4) is 0 Å². The van der Waals surface area contributed by atoms with Crippen LogP contribution in [0, 0.1) is 0 Å². The van der Waals surface area contributed by atoms with E-state index >= 15 is 0 Å². The van der Waals surface area contributed by atoms with Gasteiger partial charge in [-0.25, -0.2) is 0 Å². The molecule has 0 heterocycles. The zero-order chi connectivity index (χ0) is 23.1. The monoisotopic (exact) mass is 486 g/mol. The quantitative estimate of drug-likeness (QED) is 0.329. The third-order valence-corrected chi connectivity index (χ3v) is 9.74. The van der Waals surface area contributed by atoms with Crippen LogP contribution in [-0.2, 0) is 21.1 Å². The van der Waals surface area contributed by atoms with E-state index in [4.69, 9.17) is 14.2 Å². The maximum atomic E-state index is 11.3. The van der Waals surface area contributed by atoms with Crippen molar-refractivity contribution < 1.29 is 46.3 Å². The summed E-state index contributed by atoms with van der Waals surface area (Å²) in [5, 5.41) is 19.0. The topological polar surface area (TPSA) is 85.2 Å². The van der Waals surface area contributed by atoms with E-state index in [1.807, 2.05) is 42.5 Å². The summed E-state index contributed by atoms with van der Waals surface area (Å²) in [6.07, 6.45) is 0. The Kier molecular flexibility index (Phi) is 7.76. The van der Waals surface area contributed by atoms with Gasteiger partial charge in [-0.2, -0.15) is 0 Å². The third-order valence-electron chi connectivity index (χ3n) is 5.25. The number of aromatic carboxylic acids is 1. The summed E-state index contributed by atoms with van der Waals surface area (Å²) < 4.78 is 17.6. The first-order valence-corrected chi connectivity index (χ1v) is 13.3. The van der Waals surface area contributed by atoms with Gasteiger partial charge < -0.3 is 4.74 Å². The van der Waals surface area contributed by atoms with E-state index in [0.29, 0.717) is 13.2 Å². The molecule has 0 aromatic heterocycles. The molecular formula is C25H26O6Zn. The summed E-state index contributed by atoms with van der Waals surface area (Å²) in [4.78, 5) is 11.3. The van der Waals surface area contributed by atoms with Crippen molar-refractivity contribution in [2.45, 2.75) is 17.9 Å². The molecule has 7 heteroatoms. The molecule has 6 nitrogen and oxygen atoms in total. The molecule has 0 unspecified atom stereocenters. The minimum absolute atomic E-state index is 0.0375. The summed E-state index contributed by atoms with van der Waals surface area (Å²) in [5.74, 6) is 1.01. The molecule has 0 aliphatic rings. The van der Waals surface area contributed by atoms with Gasteiger partial charge in [0.1, 0.15) is 5.75 Å². The molecule has 0 aliphatic heterocycles. The standard InChI is InChI=1S/C18H21O3.C7H5O3.Zn/c1-14(2)15-4-6-17(7-5-15)20-12-13-21-18-10-8-16(19-3)9-11-18;8-6-4-2-1-3-5(6)7(9)10;/h4-11H,12-13H2,1-3H3;2-4,8H,(H,9,10);. The number of carbonyl (C=O) groups is 1.